The lowest BCUT2D eigenvalue weighted by Crippen LogP contribution is -2.37. The number of hydrogen-bond donors (Lipinski definition) is 1. The van der Waals surface area contributed by atoms with Gasteiger partial charge < -0.3 is 5.32 Å². The van der Waals surface area contributed by atoms with E-state index in [1.165, 1.54) is 43.5 Å². The molecule has 1 aliphatic heterocycles. The van der Waals surface area contributed by atoms with Crippen molar-refractivity contribution in [3.8, 4) is 0 Å². The molecule has 18 heavy (non-hydrogen) atoms. The summed E-state index contributed by atoms with van der Waals surface area (Å²) in [6, 6.07) is 2.16. The summed E-state index contributed by atoms with van der Waals surface area (Å²) in [6.45, 7) is 4.38. The molecule has 1 saturated heterocycles. The number of pyridine rings is 1. The molecule has 0 radical (unpaired) electrons. The first-order valence-electron chi connectivity index (χ1n) is 6.76. The van der Waals surface area contributed by atoms with Gasteiger partial charge in [-0.25, -0.2) is 4.98 Å². The fourth-order valence-electron chi connectivity index (χ4n) is 3.16. The minimum Gasteiger partial charge on any atom is -0.316 e. The third-order valence-electron chi connectivity index (χ3n) is 4.30. The van der Waals surface area contributed by atoms with Crippen molar-refractivity contribution in [1.29, 1.82) is 0 Å². The third-order valence-corrected chi connectivity index (χ3v) is 4.70. The van der Waals surface area contributed by atoms with Crippen LogP contribution in [-0.4, -0.2) is 18.1 Å². The first-order chi connectivity index (χ1) is 8.74. The summed E-state index contributed by atoms with van der Waals surface area (Å²) in [5.74, 6) is 1.69. The maximum absolute atomic E-state index is 5.99. The maximum atomic E-state index is 5.99. The lowest BCUT2D eigenvalue weighted by atomic mass is 9.75. The molecule has 0 bridgehead atoms. The Bertz CT molecular complexity index is 481. The van der Waals surface area contributed by atoms with Crippen molar-refractivity contribution >= 4 is 17.2 Å². The predicted molar refractivity (Wildman–Crippen MR) is 75.7 cm³/mol. The van der Waals surface area contributed by atoms with E-state index in [0.29, 0.717) is 5.15 Å². The molecule has 2 atom stereocenters. The maximum Gasteiger partial charge on any atom is 0.131 e. The number of nitrogens with one attached hydrogen (secondary N) is 1. The van der Waals surface area contributed by atoms with Crippen LogP contribution in [0.5, 0.6) is 0 Å². The SMILES string of the molecule is Cc1cc(C2=CCC3CCNCC3C2)cnc1Cl. The minimum absolute atomic E-state index is 0.618. The highest BCUT2D eigenvalue weighted by Crippen LogP contribution is 2.37. The van der Waals surface area contributed by atoms with Crippen molar-refractivity contribution < 1.29 is 0 Å². The van der Waals surface area contributed by atoms with E-state index in [4.69, 9.17) is 11.6 Å². The topological polar surface area (TPSA) is 24.9 Å². The highest BCUT2D eigenvalue weighted by molar-refractivity contribution is 6.30. The van der Waals surface area contributed by atoms with Gasteiger partial charge in [0.25, 0.3) is 0 Å². The Morgan fingerprint density at radius 1 is 1.39 bits per heavy atom. The van der Waals surface area contributed by atoms with Crippen molar-refractivity contribution in [2.24, 2.45) is 11.8 Å². The van der Waals surface area contributed by atoms with Gasteiger partial charge in [0.1, 0.15) is 5.15 Å². The second kappa shape index (κ2) is 5.02. The average molecular weight is 263 g/mol. The molecule has 1 aromatic rings. The molecular formula is C15H19ClN2. The Labute approximate surface area is 113 Å². The molecule has 0 saturated carbocycles. The summed E-state index contributed by atoms with van der Waals surface area (Å²) in [6.07, 6.45) is 8.06. The van der Waals surface area contributed by atoms with Gasteiger partial charge in [-0.05, 0) is 73.9 Å². The summed E-state index contributed by atoms with van der Waals surface area (Å²) < 4.78 is 0. The van der Waals surface area contributed by atoms with E-state index in [9.17, 15) is 0 Å². The van der Waals surface area contributed by atoms with E-state index in [1.807, 2.05) is 13.1 Å². The van der Waals surface area contributed by atoms with Gasteiger partial charge in [0.05, 0.1) is 0 Å². The number of piperidine rings is 1. The molecule has 1 fully saturated rings. The van der Waals surface area contributed by atoms with Gasteiger partial charge in [0.2, 0.25) is 0 Å². The second-order valence-corrected chi connectivity index (χ2v) is 5.87. The Morgan fingerprint density at radius 2 is 2.28 bits per heavy atom. The summed E-state index contributed by atoms with van der Waals surface area (Å²) in [7, 11) is 0. The number of allylic oxidation sites excluding steroid dienone is 2. The van der Waals surface area contributed by atoms with Gasteiger partial charge in [0.15, 0.2) is 0 Å². The van der Waals surface area contributed by atoms with Crippen LogP contribution >= 0.6 is 11.6 Å². The fraction of sp³-hybridized carbons (Fsp3) is 0.533. The zero-order chi connectivity index (χ0) is 12.5. The van der Waals surface area contributed by atoms with Gasteiger partial charge >= 0.3 is 0 Å². The number of halogens is 1. The fourth-order valence-corrected chi connectivity index (χ4v) is 3.26. The van der Waals surface area contributed by atoms with Gasteiger partial charge in [-0.3, -0.25) is 0 Å². The second-order valence-electron chi connectivity index (χ2n) is 5.51. The van der Waals surface area contributed by atoms with E-state index in [1.54, 1.807) is 0 Å². The molecule has 3 rings (SSSR count). The molecule has 2 nitrogen and oxygen atoms in total. The summed E-state index contributed by atoms with van der Waals surface area (Å²) in [5, 5.41) is 4.13. The number of fused-ring (bicyclic) bond motifs is 1. The Balaban J connectivity index is 1.84. The highest BCUT2D eigenvalue weighted by Gasteiger charge is 2.28. The number of hydrogen-bond acceptors (Lipinski definition) is 2. The van der Waals surface area contributed by atoms with Gasteiger partial charge in [-0.15, -0.1) is 0 Å². The van der Waals surface area contributed by atoms with Crippen LogP contribution in [0.1, 0.15) is 30.4 Å². The van der Waals surface area contributed by atoms with E-state index in [-0.39, 0.29) is 0 Å². The highest BCUT2D eigenvalue weighted by atomic mass is 35.5. The summed E-state index contributed by atoms with van der Waals surface area (Å²) >= 11 is 5.99. The normalized spacial score (nSPS) is 27.6. The van der Waals surface area contributed by atoms with Crippen LogP contribution in [-0.2, 0) is 0 Å². The molecule has 3 heteroatoms. The molecule has 1 N–H and O–H groups in total. The molecule has 1 aliphatic carbocycles. The van der Waals surface area contributed by atoms with E-state index >= 15 is 0 Å². The van der Waals surface area contributed by atoms with Crippen LogP contribution in [0, 0.1) is 18.8 Å². The Kier molecular flexibility index (Phi) is 3.40. The molecule has 2 heterocycles. The predicted octanol–water partition coefficient (Wildman–Crippen LogP) is 3.45. The zero-order valence-electron chi connectivity index (χ0n) is 10.7. The van der Waals surface area contributed by atoms with Crippen molar-refractivity contribution in [3.63, 3.8) is 0 Å². The monoisotopic (exact) mass is 262 g/mol. The first kappa shape index (κ1) is 12.2. The number of aryl methyl sites for hydroxylation is 1. The van der Waals surface area contributed by atoms with E-state index < -0.39 is 0 Å². The van der Waals surface area contributed by atoms with Crippen LogP contribution in [0.25, 0.3) is 5.57 Å². The minimum atomic E-state index is 0.618. The Morgan fingerprint density at radius 3 is 3.11 bits per heavy atom. The number of rotatable bonds is 1. The smallest absolute Gasteiger partial charge is 0.131 e. The lowest BCUT2D eigenvalue weighted by Gasteiger charge is -2.35. The van der Waals surface area contributed by atoms with Gasteiger partial charge in [-0.2, -0.15) is 0 Å². The largest absolute Gasteiger partial charge is 0.316 e. The summed E-state index contributed by atoms with van der Waals surface area (Å²) in [4.78, 5) is 4.27. The van der Waals surface area contributed by atoms with E-state index in [0.717, 1.165) is 17.4 Å². The molecular weight excluding hydrogens is 244 g/mol. The quantitative estimate of drug-likeness (QED) is 0.785. The average Bonchev–Trinajstić information content (AvgIpc) is 2.41. The van der Waals surface area contributed by atoms with Crippen LogP contribution in [0.3, 0.4) is 0 Å². The number of aromatic nitrogens is 1. The number of nitrogens with zero attached hydrogens (tertiary/aromatic N) is 1. The van der Waals surface area contributed by atoms with Crippen LogP contribution in [0.2, 0.25) is 5.15 Å². The lowest BCUT2D eigenvalue weighted by molar-refractivity contribution is 0.252. The van der Waals surface area contributed by atoms with E-state index in [2.05, 4.69) is 22.4 Å². The molecule has 1 aromatic heterocycles. The standard InChI is InChI=1S/C15H19ClN2/c1-10-6-13(9-18-15(10)16)12-3-2-11-4-5-17-8-14(11)7-12/h3,6,9,11,14,17H,2,4-5,7-8H2,1H3. The van der Waals surface area contributed by atoms with Crippen LogP contribution < -0.4 is 5.32 Å². The van der Waals surface area contributed by atoms with Crippen molar-refractivity contribution in [2.45, 2.75) is 26.2 Å². The van der Waals surface area contributed by atoms with Gasteiger partial charge in [0, 0.05) is 6.20 Å². The molecule has 0 amide bonds. The molecule has 2 unspecified atom stereocenters. The van der Waals surface area contributed by atoms with Crippen LogP contribution in [0.4, 0.5) is 0 Å². The first-order valence-corrected chi connectivity index (χ1v) is 7.14. The summed E-state index contributed by atoms with van der Waals surface area (Å²) in [5.41, 5.74) is 3.77. The zero-order valence-corrected chi connectivity index (χ0v) is 11.5. The molecule has 0 aromatic carbocycles. The Hall–Kier alpha value is -0.860. The molecule has 0 spiro atoms. The van der Waals surface area contributed by atoms with Crippen molar-refractivity contribution in [2.75, 3.05) is 13.1 Å². The van der Waals surface area contributed by atoms with Gasteiger partial charge in [-0.1, -0.05) is 17.7 Å². The van der Waals surface area contributed by atoms with Crippen molar-refractivity contribution in [3.05, 3.63) is 34.6 Å². The van der Waals surface area contributed by atoms with Crippen LogP contribution in [0.15, 0.2) is 18.3 Å². The molecule has 2 aliphatic rings. The van der Waals surface area contributed by atoms with Crippen molar-refractivity contribution in [1.82, 2.24) is 10.3 Å². The third kappa shape index (κ3) is 2.32. The molecule has 96 valence electrons.